The number of hydrogen-bond donors (Lipinski definition) is 1. The molecule has 1 aromatic rings. The normalized spacial score (nSPS) is 11.5. The highest BCUT2D eigenvalue weighted by molar-refractivity contribution is 5.79. The standard InChI is InChI=1S/C17H26N2O3/c1-17(2,3)22-16(20)19-12-6-5-11-18-13-14-7-9-15(21-4)10-8-14/h7-10,13H,5-6,11-12H2,1-4H3,(H,19,20). The molecule has 0 atom stereocenters. The maximum atomic E-state index is 11.4. The minimum Gasteiger partial charge on any atom is -0.497 e. The summed E-state index contributed by atoms with van der Waals surface area (Å²) in [6.07, 6.45) is 3.27. The molecule has 0 radical (unpaired) electrons. The molecular weight excluding hydrogens is 280 g/mol. The van der Waals surface area contributed by atoms with Gasteiger partial charge in [0, 0.05) is 19.3 Å². The summed E-state index contributed by atoms with van der Waals surface area (Å²) < 4.78 is 10.3. The first-order valence-corrected chi connectivity index (χ1v) is 7.51. The highest BCUT2D eigenvalue weighted by atomic mass is 16.6. The second-order valence-electron chi connectivity index (χ2n) is 5.94. The van der Waals surface area contributed by atoms with Crippen molar-refractivity contribution in [3.8, 4) is 5.75 Å². The molecule has 0 unspecified atom stereocenters. The van der Waals surface area contributed by atoms with Gasteiger partial charge in [-0.3, -0.25) is 4.99 Å². The van der Waals surface area contributed by atoms with E-state index in [9.17, 15) is 4.79 Å². The largest absolute Gasteiger partial charge is 0.497 e. The first kappa shape index (κ1) is 18.0. The van der Waals surface area contributed by atoms with Gasteiger partial charge in [0.15, 0.2) is 0 Å². The quantitative estimate of drug-likeness (QED) is 0.620. The molecular formula is C17H26N2O3. The van der Waals surface area contributed by atoms with E-state index in [1.165, 1.54) is 0 Å². The summed E-state index contributed by atoms with van der Waals surface area (Å²) in [6, 6.07) is 7.75. The molecule has 0 aliphatic carbocycles. The van der Waals surface area contributed by atoms with E-state index >= 15 is 0 Å². The zero-order chi connectivity index (χ0) is 16.4. The van der Waals surface area contributed by atoms with Crippen molar-refractivity contribution in [1.29, 1.82) is 0 Å². The van der Waals surface area contributed by atoms with E-state index in [-0.39, 0.29) is 6.09 Å². The number of nitrogens with zero attached hydrogens (tertiary/aromatic N) is 1. The van der Waals surface area contributed by atoms with Crippen molar-refractivity contribution in [2.75, 3.05) is 20.2 Å². The molecule has 1 N–H and O–H groups in total. The molecule has 5 nitrogen and oxygen atoms in total. The predicted octanol–water partition coefficient (Wildman–Crippen LogP) is 3.42. The number of benzene rings is 1. The van der Waals surface area contributed by atoms with Crippen LogP contribution in [0.5, 0.6) is 5.75 Å². The summed E-state index contributed by atoms with van der Waals surface area (Å²) in [5.41, 5.74) is 0.597. The Morgan fingerprint density at radius 3 is 2.50 bits per heavy atom. The number of carbonyl (C=O) groups excluding carboxylic acids is 1. The van der Waals surface area contributed by atoms with Gasteiger partial charge >= 0.3 is 6.09 Å². The van der Waals surface area contributed by atoms with Crippen LogP contribution in [-0.2, 0) is 4.74 Å². The highest BCUT2D eigenvalue weighted by Crippen LogP contribution is 2.09. The number of nitrogens with one attached hydrogen (secondary N) is 1. The monoisotopic (exact) mass is 306 g/mol. The lowest BCUT2D eigenvalue weighted by molar-refractivity contribution is 0.0527. The SMILES string of the molecule is COc1ccc(C=NCCCCNC(=O)OC(C)(C)C)cc1. The molecule has 122 valence electrons. The van der Waals surface area contributed by atoms with Crippen molar-refractivity contribution in [3.63, 3.8) is 0 Å². The average molecular weight is 306 g/mol. The Hall–Kier alpha value is -2.04. The van der Waals surface area contributed by atoms with E-state index in [4.69, 9.17) is 9.47 Å². The molecule has 1 aromatic carbocycles. The van der Waals surface area contributed by atoms with E-state index in [0.717, 1.165) is 30.7 Å². The second kappa shape index (κ2) is 9.07. The van der Waals surface area contributed by atoms with Crippen LogP contribution in [0.4, 0.5) is 4.79 Å². The van der Waals surface area contributed by atoms with Crippen LogP contribution in [0, 0.1) is 0 Å². The number of unbranched alkanes of at least 4 members (excludes halogenated alkanes) is 1. The van der Waals surface area contributed by atoms with Gasteiger partial charge in [0.25, 0.3) is 0 Å². The number of ether oxygens (including phenoxy) is 2. The predicted molar refractivity (Wildman–Crippen MR) is 88.9 cm³/mol. The molecule has 0 fully saturated rings. The molecule has 0 aliphatic heterocycles. The lowest BCUT2D eigenvalue weighted by atomic mass is 10.2. The van der Waals surface area contributed by atoms with Gasteiger partial charge in [-0.2, -0.15) is 0 Å². The fourth-order valence-corrected chi connectivity index (χ4v) is 1.69. The smallest absolute Gasteiger partial charge is 0.407 e. The van der Waals surface area contributed by atoms with Crippen LogP contribution in [0.3, 0.4) is 0 Å². The van der Waals surface area contributed by atoms with E-state index in [0.29, 0.717) is 6.54 Å². The van der Waals surface area contributed by atoms with Gasteiger partial charge in [0.05, 0.1) is 7.11 Å². The third kappa shape index (κ3) is 8.29. The zero-order valence-corrected chi connectivity index (χ0v) is 13.9. The lowest BCUT2D eigenvalue weighted by Gasteiger charge is -2.19. The third-order valence-corrected chi connectivity index (χ3v) is 2.74. The highest BCUT2D eigenvalue weighted by Gasteiger charge is 2.15. The first-order valence-electron chi connectivity index (χ1n) is 7.51. The van der Waals surface area contributed by atoms with Crippen molar-refractivity contribution in [2.24, 2.45) is 4.99 Å². The summed E-state index contributed by atoms with van der Waals surface area (Å²) in [4.78, 5) is 15.8. The number of aliphatic imine (C=N–C) groups is 1. The average Bonchev–Trinajstić information content (AvgIpc) is 2.45. The van der Waals surface area contributed by atoms with Crippen molar-refractivity contribution in [3.05, 3.63) is 29.8 Å². The summed E-state index contributed by atoms with van der Waals surface area (Å²) >= 11 is 0. The molecule has 1 rings (SSSR count). The molecule has 0 spiro atoms. The van der Waals surface area contributed by atoms with Crippen LogP contribution in [0.1, 0.15) is 39.2 Å². The van der Waals surface area contributed by atoms with Gasteiger partial charge in [-0.25, -0.2) is 4.79 Å². The number of hydrogen-bond acceptors (Lipinski definition) is 4. The van der Waals surface area contributed by atoms with Crippen molar-refractivity contribution < 1.29 is 14.3 Å². The van der Waals surface area contributed by atoms with Crippen LogP contribution in [-0.4, -0.2) is 38.1 Å². The fourth-order valence-electron chi connectivity index (χ4n) is 1.69. The summed E-state index contributed by atoms with van der Waals surface area (Å²) in [7, 11) is 1.65. The molecule has 1 amide bonds. The fraction of sp³-hybridized carbons (Fsp3) is 0.529. The van der Waals surface area contributed by atoms with Gasteiger partial charge in [-0.15, -0.1) is 0 Å². The molecule has 0 saturated heterocycles. The maximum absolute atomic E-state index is 11.4. The van der Waals surface area contributed by atoms with Crippen molar-refractivity contribution in [2.45, 2.75) is 39.2 Å². The Morgan fingerprint density at radius 2 is 1.91 bits per heavy atom. The van der Waals surface area contributed by atoms with Gasteiger partial charge in [0.2, 0.25) is 0 Å². The minimum absolute atomic E-state index is 0.366. The Kier molecular flexibility index (Phi) is 7.43. The third-order valence-electron chi connectivity index (χ3n) is 2.74. The second-order valence-corrected chi connectivity index (χ2v) is 5.94. The Labute approximate surface area is 132 Å². The van der Waals surface area contributed by atoms with Crippen LogP contribution in [0.2, 0.25) is 0 Å². The van der Waals surface area contributed by atoms with Crippen molar-refractivity contribution in [1.82, 2.24) is 5.32 Å². The summed E-state index contributed by atoms with van der Waals surface area (Å²) in [6.45, 7) is 6.89. The van der Waals surface area contributed by atoms with Crippen molar-refractivity contribution >= 4 is 12.3 Å². The van der Waals surface area contributed by atoms with Gasteiger partial charge < -0.3 is 14.8 Å². The van der Waals surface area contributed by atoms with E-state index < -0.39 is 5.60 Å². The molecule has 0 saturated carbocycles. The van der Waals surface area contributed by atoms with Gasteiger partial charge in [0.1, 0.15) is 11.4 Å². The number of alkyl carbamates (subject to hydrolysis) is 1. The van der Waals surface area contributed by atoms with Crippen LogP contribution in [0.15, 0.2) is 29.3 Å². The Balaban J connectivity index is 2.12. The van der Waals surface area contributed by atoms with Crippen LogP contribution >= 0.6 is 0 Å². The van der Waals surface area contributed by atoms with Gasteiger partial charge in [-0.1, -0.05) is 0 Å². The zero-order valence-electron chi connectivity index (χ0n) is 13.9. The minimum atomic E-state index is -0.452. The molecule has 0 aliphatic rings. The van der Waals surface area contributed by atoms with Gasteiger partial charge in [-0.05, 0) is 63.4 Å². The molecule has 22 heavy (non-hydrogen) atoms. The summed E-state index contributed by atoms with van der Waals surface area (Å²) in [5.74, 6) is 0.838. The number of amides is 1. The Morgan fingerprint density at radius 1 is 1.23 bits per heavy atom. The topological polar surface area (TPSA) is 59.9 Å². The molecule has 0 bridgehead atoms. The number of rotatable bonds is 7. The van der Waals surface area contributed by atoms with Crippen LogP contribution in [0.25, 0.3) is 0 Å². The van der Waals surface area contributed by atoms with Crippen LogP contribution < -0.4 is 10.1 Å². The van der Waals surface area contributed by atoms with E-state index in [1.54, 1.807) is 7.11 Å². The van der Waals surface area contributed by atoms with E-state index in [1.807, 2.05) is 51.3 Å². The number of carbonyl (C=O) groups is 1. The molecule has 5 heteroatoms. The number of methoxy groups -OCH3 is 1. The molecule has 0 heterocycles. The van der Waals surface area contributed by atoms with E-state index in [2.05, 4.69) is 10.3 Å². The lowest BCUT2D eigenvalue weighted by Crippen LogP contribution is -2.33. The maximum Gasteiger partial charge on any atom is 0.407 e. The molecule has 0 aromatic heterocycles. The Bertz CT molecular complexity index is 476. The first-order chi connectivity index (χ1) is 10.4. The summed E-state index contributed by atoms with van der Waals surface area (Å²) in [5, 5.41) is 2.73.